The number of hydrogen-bond acceptors (Lipinski definition) is 4. The summed E-state index contributed by atoms with van der Waals surface area (Å²) in [5, 5.41) is 11.3. The zero-order valence-electron chi connectivity index (χ0n) is 10.6. The van der Waals surface area contributed by atoms with Gasteiger partial charge in [-0.3, -0.25) is 0 Å². The van der Waals surface area contributed by atoms with E-state index >= 15 is 0 Å². The number of nitrogens with zero attached hydrogens (tertiary/aromatic N) is 3. The molecule has 1 N–H and O–H groups in total. The molecule has 1 aromatic carbocycles. The van der Waals surface area contributed by atoms with Gasteiger partial charge >= 0.3 is 0 Å². The van der Waals surface area contributed by atoms with Crippen LogP contribution in [0.1, 0.15) is 23.9 Å². The maximum Gasteiger partial charge on any atom is 0.146 e. The Morgan fingerprint density at radius 2 is 2.42 bits per heavy atom. The highest BCUT2D eigenvalue weighted by atomic mass is 32.2. The summed E-state index contributed by atoms with van der Waals surface area (Å²) in [4.78, 5) is 0.782. The molecule has 2 heterocycles. The van der Waals surface area contributed by atoms with Crippen molar-refractivity contribution in [1.29, 1.82) is 0 Å². The summed E-state index contributed by atoms with van der Waals surface area (Å²) in [6, 6.07) is 5.48. The standard InChI is InChI=1S/C13H15FN4S/c1-18-8-16-17-12(18)7-15-11-5-6-19-13-9(11)3-2-4-10(13)14/h2-4,8,11,15H,5-7H2,1H3. The first-order valence-electron chi connectivity index (χ1n) is 6.23. The van der Waals surface area contributed by atoms with Crippen LogP contribution in [0, 0.1) is 5.82 Å². The van der Waals surface area contributed by atoms with E-state index < -0.39 is 0 Å². The first-order valence-corrected chi connectivity index (χ1v) is 7.21. The summed E-state index contributed by atoms with van der Waals surface area (Å²) in [6.45, 7) is 0.641. The normalized spacial score (nSPS) is 18.3. The average Bonchev–Trinajstić information content (AvgIpc) is 2.82. The van der Waals surface area contributed by atoms with Crippen molar-refractivity contribution < 1.29 is 4.39 Å². The third kappa shape index (κ3) is 2.50. The number of nitrogens with one attached hydrogen (secondary N) is 1. The molecule has 100 valence electrons. The summed E-state index contributed by atoms with van der Waals surface area (Å²) >= 11 is 1.60. The first-order chi connectivity index (χ1) is 9.25. The Hall–Kier alpha value is -1.40. The van der Waals surface area contributed by atoms with Crippen LogP contribution in [0.15, 0.2) is 29.4 Å². The Bertz CT molecular complexity index is 584. The first kappa shape index (κ1) is 12.6. The molecule has 3 rings (SSSR count). The fourth-order valence-corrected chi connectivity index (χ4v) is 3.42. The average molecular weight is 278 g/mol. The largest absolute Gasteiger partial charge is 0.320 e. The van der Waals surface area contributed by atoms with Crippen molar-refractivity contribution in [2.45, 2.75) is 23.9 Å². The van der Waals surface area contributed by atoms with Gasteiger partial charge in [-0.05, 0) is 23.8 Å². The zero-order chi connectivity index (χ0) is 13.2. The minimum Gasteiger partial charge on any atom is -0.320 e. The number of hydrogen-bond donors (Lipinski definition) is 1. The van der Waals surface area contributed by atoms with E-state index in [-0.39, 0.29) is 11.9 Å². The van der Waals surface area contributed by atoms with Gasteiger partial charge in [0.05, 0.1) is 6.54 Å². The van der Waals surface area contributed by atoms with Gasteiger partial charge in [0.15, 0.2) is 0 Å². The van der Waals surface area contributed by atoms with Crippen LogP contribution in [0.4, 0.5) is 4.39 Å². The van der Waals surface area contributed by atoms with Gasteiger partial charge in [0.25, 0.3) is 0 Å². The lowest BCUT2D eigenvalue weighted by molar-refractivity contribution is 0.483. The maximum absolute atomic E-state index is 13.7. The number of aromatic nitrogens is 3. The zero-order valence-corrected chi connectivity index (χ0v) is 11.5. The smallest absolute Gasteiger partial charge is 0.146 e. The summed E-state index contributed by atoms with van der Waals surface area (Å²) in [7, 11) is 1.92. The van der Waals surface area contributed by atoms with Crippen molar-refractivity contribution in [3.63, 3.8) is 0 Å². The molecule has 1 atom stereocenters. The Kier molecular flexibility index (Phi) is 3.52. The van der Waals surface area contributed by atoms with Crippen molar-refractivity contribution >= 4 is 11.8 Å². The van der Waals surface area contributed by atoms with Crippen LogP contribution in [-0.2, 0) is 13.6 Å². The molecule has 0 bridgehead atoms. The molecule has 0 amide bonds. The molecule has 1 aliphatic heterocycles. The van der Waals surface area contributed by atoms with E-state index in [0.717, 1.165) is 28.5 Å². The molecule has 1 unspecified atom stereocenters. The summed E-state index contributed by atoms with van der Waals surface area (Å²) in [5.41, 5.74) is 1.05. The molecule has 2 aromatic rings. The van der Waals surface area contributed by atoms with E-state index in [2.05, 4.69) is 15.5 Å². The van der Waals surface area contributed by atoms with Gasteiger partial charge in [-0.2, -0.15) is 0 Å². The predicted molar refractivity (Wildman–Crippen MR) is 72.3 cm³/mol. The van der Waals surface area contributed by atoms with Crippen molar-refractivity contribution in [2.24, 2.45) is 7.05 Å². The Labute approximate surface area is 115 Å². The SMILES string of the molecule is Cn1cnnc1CNC1CCSc2c(F)cccc21. The molecule has 0 fully saturated rings. The summed E-state index contributed by atoms with van der Waals surface area (Å²) < 4.78 is 15.6. The minimum atomic E-state index is -0.118. The number of thioether (sulfide) groups is 1. The summed E-state index contributed by atoms with van der Waals surface area (Å²) in [6.07, 6.45) is 2.68. The molecule has 0 radical (unpaired) electrons. The van der Waals surface area contributed by atoms with E-state index in [1.165, 1.54) is 6.07 Å². The molecule has 1 aliphatic rings. The van der Waals surface area contributed by atoms with E-state index in [1.54, 1.807) is 24.2 Å². The van der Waals surface area contributed by atoms with Crippen molar-refractivity contribution in [1.82, 2.24) is 20.1 Å². The molecule has 0 spiro atoms. The third-order valence-corrected chi connectivity index (χ3v) is 4.50. The topological polar surface area (TPSA) is 42.7 Å². The maximum atomic E-state index is 13.7. The van der Waals surface area contributed by atoms with Gasteiger partial charge in [-0.15, -0.1) is 22.0 Å². The molecule has 6 heteroatoms. The second-order valence-electron chi connectivity index (χ2n) is 4.59. The Morgan fingerprint density at radius 1 is 1.53 bits per heavy atom. The van der Waals surface area contributed by atoms with Gasteiger partial charge in [0.1, 0.15) is 18.0 Å². The van der Waals surface area contributed by atoms with Crippen LogP contribution in [-0.4, -0.2) is 20.5 Å². The Balaban J connectivity index is 1.77. The fourth-order valence-electron chi connectivity index (χ4n) is 2.28. The van der Waals surface area contributed by atoms with E-state index in [4.69, 9.17) is 0 Å². The molecule has 0 saturated carbocycles. The lowest BCUT2D eigenvalue weighted by atomic mass is 10.0. The molecular formula is C13H15FN4S. The van der Waals surface area contributed by atoms with E-state index in [1.807, 2.05) is 17.7 Å². The molecule has 1 aromatic heterocycles. The van der Waals surface area contributed by atoms with E-state index in [0.29, 0.717) is 6.54 Å². The van der Waals surface area contributed by atoms with E-state index in [9.17, 15) is 4.39 Å². The quantitative estimate of drug-likeness (QED) is 0.935. The highest BCUT2D eigenvalue weighted by Crippen LogP contribution is 2.37. The van der Waals surface area contributed by atoms with Crippen LogP contribution in [0.25, 0.3) is 0 Å². The highest BCUT2D eigenvalue weighted by Gasteiger charge is 2.22. The molecular weight excluding hydrogens is 263 g/mol. The second kappa shape index (κ2) is 5.30. The van der Waals surface area contributed by atoms with Gasteiger partial charge < -0.3 is 9.88 Å². The molecule has 19 heavy (non-hydrogen) atoms. The van der Waals surface area contributed by atoms with Crippen molar-refractivity contribution in [3.8, 4) is 0 Å². The van der Waals surface area contributed by atoms with Crippen molar-refractivity contribution in [2.75, 3.05) is 5.75 Å². The number of benzene rings is 1. The molecule has 4 nitrogen and oxygen atoms in total. The number of halogens is 1. The Morgan fingerprint density at radius 3 is 3.21 bits per heavy atom. The number of aryl methyl sites for hydroxylation is 1. The molecule has 0 saturated heterocycles. The number of rotatable bonds is 3. The lowest BCUT2D eigenvalue weighted by Crippen LogP contribution is -2.25. The fraction of sp³-hybridized carbons (Fsp3) is 0.385. The predicted octanol–water partition coefficient (Wildman–Crippen LogP) is 2.28. The minimum absolute atomic E-state index is 0.118. The van der Waals surface area contributed by atoms with Crippen LogP contribution < -0.4 is 5.32 Å². The van der Waals surface area contributed by atoms with Crippen LogP contribution >= 0.6 is 11.8 Å². The van der Waals surface area contributed by atoms with Crippen LogP contribution in [0.2, 0.25) is 0 Å². The number of fused-ring (bicyclic) bond motifs is 1. The second-order valence-corrected chi connectivity index (χ2v) is 5.69. The third-order valence-electron chi connectivity index (χ3n) is 3.34. The monoisotopic (exact) mass is 278 g/mol. The molecule has 0 aliphatic carbocycles. The van der Waals surface area contributed by atoms with Crippen LogP contribution in [0.3, 0.4) is 0 Å². The summed E-state index contributed by atoms with van der Waals surface area (Å²) in [5.74, 6) is 1.70. The van der Waals surface area contributed by atoms with Crippen molar-refractivity contribution in [3.05, 3.63) is 41.7 Å². The lowest BCUT2D eigenvalue weighted by Gasteiger charge is -2.26. The van der Waals surface area contributed by atoms with Gasteiger partial charge in [0, 0.05) is 18.0 Å². The van der Waals surface area contributed by atoms with Gasteiger partial charge in [0.2, 0.25) is 0 Å². The highest BCUT2D eigenvalue weighted by molar-refractivity contribution is 7.99. The van der Waals surface area contributed by atoms with Gasteiger partial charge in [-0.1, -0.05) is 12.1 Å². The van der Waals surface area contributed by atoms with Gasteiger partial charge in [-0.25, -0.2) is 4.39 Å². The van der Waals surface area contributed by atoms with Crippen LogP contribution in [0.5, 0.6) is 0 Å².